The summed E-state index contributed by atoms with van der Waals surface area (Å²) in [5.74, 6) is 0.186. The first-order chi connectivity index (χ1) is 9.70. The highest BCUT2D eigenvalue weighted by Crippen LogP contribution is 2.43. The van der Waals surface area contributed by atoms with Crippen molar-refractivity contribution in [2.45, 2.75) is 58.9 Å². The van der Waals surface area contributed by atoms with Crippen LogP contribution in [-0.2, 0) is 24.2 Å². The van der Waals surface area contributed by atoms with Crippen molar-refractivity contribution in [1.82, 2.24) is 4.90 Å². The van der Waals surface area contributed by atoms with Crippen LogP contribution in [0.25, 0.3) is 0 Å². The average molecular weight is 292 g/mol. The number of hydrogen-bond donors (Lipinski definition) is 0. The van der Waals surface area contributed by atoms with Crippen LogP contribution in [0.15, 0.2) is 0 Å². The smallest absolute Gasteiger partial charge is 0.225 e. The first-order valence-electron chi connectivity index (χ1n) is 7.84. The van der Waals surface area contributed by atoms with Crippen LogP contribution < -0.4 is 4.90 Å². The molecule has 20 heavy (non-hydrogen) atoms. The Hall–Kier alpha value is -0.870. The molecule has 0 spiro atoms. The Kier molecular flexibility index (Phi) is 4.13. The third-order valence-corrected chi connectivity index (χ3v) is 5.79. The molecule has 2 aliphatic rings. The second kappa shape index (κ2) is 5.86. The Bertz CT molecular complexity index is 509. The fraction of sp³-hybridized carbons (Fsp3) is 0.688. The van der Waals surface area contributed by atoms with Crippen LogP contribution in [0.3, 0.4) is 0 Å². The van der Waals surface area contributed by atoms with E-state index < -0.39 is 0 Å². The van der Waals surface area contributed by atoms with Gasteiger partial charge in [0, 0.05) is 30.5 Å². The number of amides is 1. The highest BCUT2D eigenvalue weighted by molar-refractivity contribution is 7.16. The van der Waals surface area contributed by atoms with Gasteiger partial charge < -0.3 is 0 Å². The Labute approximate surface area is 125 Å². The molecule has 1 aromatic heterocycles. The lowest BCUT2D eigenvalue weighted by Gasteiger charge is -2.35. The van der Waals surface area contributed by atoms with E-state index in [1.54, 1.807) is 17.4 Å². The molecule has 0 radical (unpaired) electrons. The van der Waals surface area contributed by atoms with E-state index in [-0.39, 0.29) is 5.91 Å². The van der Waals surface area contributed by atoms with Gasteiger partial charge in [-0.15, -0.1) is 11.3 Å². The largest absolute Gasteiger partial charge is 0.290 e. The molecule has 1 amide bonds. The Balaban J connectivity index is 1.92. The zero-order valence-electron chi connectivity index (χ0n) is 12.6. The van der Waals surface area contributed by atoms with Gasteiger partial charge in [0.2, 0.25) is 5.91 Å². The van der Waals surface area contributed by atoms with Crippen molar-refractivity contribution in [3.63, 3.8) is 0 Å². The molecule has 4 heteroatoms. The fourth-order valence-corrected chi connectivity index (χ4v) is 4.75. The number of carbonyl (C=O) groups is 1. The maximum atomic E-state index is 12.0. The van der Waals surface area contributed by atoms with E-state index >= 15 is 0 Å². The lowest BCUT2D eigenvalue weighted by Crippen LogP contribution is -2.44. The second-order valence-corrected chi connectivity index (χ2v) is 7.07. The standard InChI is InChI=1S/C16H24N2OS/c1-3-4-9-17-10-14-13-7-5-6-8-15(13)20-16(14)18(11-17)12(2)19/h3-11H2,1-2H3. The SMILES string of the molecule is CCCCN1Cc2c(sc3c2CCCC3)N(C(C)=O)C1. The van der Waals surface area contributed by atoms with E-state index in [2.05, 4.69) is 11.8 Å². The number of anilines is 1. The van der Waals surface area contributed by atoms with Crippen LogP contribution in [0, 0.1) is 0 Å². The molecule has 3 rings (SSSR count). The molecule has 0 bridgehead atoms. The summed E-state index contributed by atoms with van der Waals surface area (Å²) < 4.78 is 0. The van der Waals surface area contributed by atoms with Crippen molar-refractivity contribution in [3.8, 4) is 0 Å². The molecule has 0 saturated heterocycles. The van der Waals surface area contributed by atoms with Gasteiger partial charge in [-0.1, -0.05) is 13.3 Å². The van der Waals surface area contributed by atoms with E-state index in [1.807, 2.05) is 16.2 Å². The van der Waals surface area contributed by atoms with Gasteiger partial charge in [-0.2, -0.15) is 0 Å². The van der Waals surface area contributed by atoms with Crippen molar-refractivity contribution in [2.75, 3.05) is 18.1 Å². The van der Waals surface area contributed by atoms with E-state index in [1.165, 1.54) is 49.1 Å². The van der Waals surface area contributed by atoms with Crippen molar-refractivity contribution in [3.05, 3.63) is 16.0 Å². The van der Waals surface area contributed by atoms with Crippen LogP contribution in [0.4, 0.5) is 5.00 Å². The van der Waals surface area contributed by atoms with Gasteiger partial charge in [0.05, 0.1) is 6.67 Å². The zero-order valence-corrected chi connectivity index (χ0v) is 13.4. The average Bonchev–Trinajstić information content (AvgIpc) is 2.82. The summed E-state index contributed by atoms with van der Waals surface area (Å²) in [7, 11) is 0. The van der Waals surface area contributed by atoms with Crippen molar-refractivity contribution in [1.29, 1.82) is 0 Å². The number of hydrogen-bond acceptors (Lipinski definition) is 3. The molecule has 0 unspecified atom stereocenters. The van der Waals surface area contributed by atoms with Gasteiger partial charge in [-0.3, -0.25) is 14.6 Å². The van der Waals surface area contributed by atoms with Gasteiger partial charge in [0.25, 0.3) is 0 Å². The molecule has 1 aromatic rings. The number of thiophene rings is 1. The summed E-state index contributed by atoms with van der Waals surface area (Å²) in [5, 5.41) is 1.25. The summed E-state index contributed by atoms with van der Waals surface area (Å²) >= 11 is 1.88. The normalized spacial score (nSPS) is 18.8. The predicted octanol–water partition coefficient (Wildman–Crippen LogP) is 3.55. The first kappa shape index (κ1) is 14.1. The van der Waals surface area contributed by atoms with E-state index in [0.717, 1.165) is 19.8 Å². The molecule has 3 nitrogen and oxygen atoms in total. The number of nitrogens with zero attached hydrogens (tertiary/aromatic N) is 2. The Morgan fingerprint density at radius 1 is 1.25 bits per heavy atom. The number of fused-ring (bicyclic) bond motifs is 3. The van der Waals surface area contributed by atoms with Gasteiger partial charge in [-0.05, 0) is 37.7 Å². The minimum Gasteiger partial charge on any atom is -0.290 e. The molecule has 1 aliphatic heterocycles. The van der Waals surface area contributed by atoms with Gasteiger partial charge in [-0.25, -0.2) is 0 Å². The summed E-state index contributed by atoms with van der Waals surface area (Å²) in [6.45, 7) is 6.85. The molecule has 110 valence electrons. The number of unbranched alkanes of at least 4 members (excludes halogenated alkanes) is 1. The fourth-order valence-electron chi connectivity index (χ4n) is 3.31. The van der Waals surface area contributed by atoms with E-state index in [0.29, 0.717) is 0 Å². The highest BCUT2D eigenvalue weighted by Gasteiger charge is 2.31. The van der Waals surface area contributed by atoms with Gasteiger partial charge >= 0.3 is 0 Å². The van der Waals surface area contributed by atoms with Crippen LogP contribution in [0.2, 0.25) is 0 Å². The lowest BCUT2D eigenvalue weighted by molar-refractivity contribution is -0.117. The van der Waals surface area contributed by atoms with Gasteiger partial charge in [0.15, 0.2) is 0 Å². The number of carbonyl (C=O) groups excluding carboxylic acids is 1. The summed E-state index contributed by atoms with van der Waals surface area (Å²) in [5.41, 5.74) is 3.03. The van der Waals surface area contributed by atoms with E-state index in [4.69, 9.17) is 0 Å². The van der Waals surface area contributed by atoms with Gasteiger partial charge in [0.1, 0.15) is 5.00 Å². The molecule has 1 aliphatic carbocycles. The molecule has 0 saturated carbocycles. The maximum absolute atomic E-state index is 12.0. The molecular formula is C16H24N2OS. The number of rotatable bonds is 3. The minimum absolute atomic E-state index is 0.186. The lowest BCUT2D eigenvalue weighted by atomic mass is 9.94. The third-order valence-electron chi connectivity index (χ3n) is 4.44. The topological polar surface area (TPSA) is 23.6 Å². The predicted molar refractivity (Wildman–Crippen MR) is 84.3 cm³/mol. The molecule has 2 heterocycles. The van der Waals surface area contributed by atoms with E-state index in [9.17, 15) is 4.79 Å². The van der Waals surface area contributed by atoms with Crippen molar-refractivity contribution < 1.29 is 4.79 Å². The molecule has 0 atom stereocenters. The quantitative estimate of drug-likeness (QED) is 0.850. The summed E-state index contributed by atoms with van der Waals surface area (Å²) in [4.78, 5) is 18.0. The zero-order chi connectivity index (χ0) is 14.1. The maximum Gasteiger partial charge on any atom is 0.225 e. The Morgan fingerprint density at radius 2 is 2.05 bits per heavy atom. The minimum atomic E-state index is 0.186. The summed E-state index contributed by atoms with van der Waals surface area (Å²) in [6.07, 6.45) is 7.48. The molecule has 0 fully saturated rings. The van der Waals surface area contributed by atoms with Crippen molar-refractivity contribution in [2.24, 2.45) is 0 Å². The van der Waals surface area contributed by atoms with Crippen LogP contribution >= 0.6 is 11.3 Å². The highest BCUT2D eigenvalue weighted by atomic mass is 32.1. The van der Waals surface area contributed by atoms with Crippen LogP contribution in [0.5, 0.6) is 0 Å². The second-order valence-electron chi connectivity index (χ2n) is 5.99. The monoisotopic (exact) mass is 292 g/mol. The summed E-state index contributed by atoms with van der Waals surface area (Å²) in [6, 6.07) is 0. The van der Waals surface area contributed by atoms with Crippen molar-refractivity contribution >= 4 is 22.2 Å². The number of aryl methyl sites for hydroxylation is 1. The first-order valence-corrected chi connectivity index (χ1v) is 8.66. The molecule has 0 N–H and O–H groups in total. The molecule has 0 aromatic carbocycles. The third kappa shape index (κ3) is 2.51. The van der Waals surface area contributed by atoms with Crippen LogP contribution in [-0.4, -0.2) is 24.0 Å². The Morgan fingerprint density at radius 3 is 2.80 bits per heavy atom. The van der Waals surface area contributed by atoms with Crippen LogP contribution in [0.1, 0.15) is 55.5 Å². The molecular weight excluding hydrogens is 268 g/mol.